The van der Waals surface area contributed by atoms with Crippen molar-refractivity contribution in [3.05, 3.63) is 15.9 Å². The van der Waals surface area contributed by atoms with Gasteiger partial charge < -0.3 is 4.74 Å². The number of halogens is 1. The minimum absolute atomic E-state index is 0.0218. The van der Waals surface area contributed by atoms with Crippen molar-refractivity contribution in [1.82, 2.24) is 4.31 Å². The van der Waals surface area contributed by atoms with Crippen molar-refractivity contribution in [1.29, 1.82) is 0 Å². The predicted octanol–water partition coefficient (Wildman–Crippen LogP) is 1.92. The molecule has 16 heavy (non-hydrogen) atoms. The number of methoxy groups -OCH3 is 1. The van der Waals surface area contributed by atoms with Gasteiger partial charge in [0.25, 0.3) is 10.0 Å². The van der Waals surface area contributed by atoms with Gasteiger partial charge in [0, 0.05) is 24.7 Å². The zero-order valence-corrected chi connectivity index (χ0v) is 11.9. The summed E-state index contributed by atoms with van der Waals surface area (Å²) in [5.41, 5.74) is 0. The summed E-state index contributed by atoms with van der Waals surface area (Å²) in [5.74, 6) is 0. The average Bonchev–Trinajstić information content (AvgIpc) is 2.85. The second-order valence-corrected chi connectivity index (χ2v) is 7.47. The summed E-state index contributed by atoms with van der Waals surface area (Å²) in [7, 11) is -1.73. The highest BCUT2D eigenvalue weighted by Crippen LogP contribution is 2.32. The summed E-state index contributed by atoms with van der Waals surface area (Å²) < 4.78 is 32.1. The first kappa shape index (κ1) is 12.5. The smallest absolute Gasteiger partial charge is 0.253 e. The molecule has 2 rings (SSSR count). The SMILES string of the molecule is COC1CCN(S(=O)(=O)c2sccc2Br)C1. The number of ether oxygens (including phenoxy) is 1. The van der Waals surface area contributed by atoms with Crippen molar-refractivity contribution in [2.24, 2.45) is 0 Å². The third kappa shape index (κ3) is 2.19. The lowest BCUT2D eigenvalue weighted by Crippen LogP contribution is -2.29. The Labute approximate surface area is 107 Å². The van der Waals surface area contributed by atoms with Crippen LogP contribution in [0.15, 0.2) is 20.1 Å². The van der Waals surface area contributed by atoms with Gasteiger partial charge in [0.15, 0.2) is 0 Å². The molecule has 1 aliphatic heterocycles. The molecular formula is C9H12BrNO3S2. The molecule has 1 aliphatic rings. The van der Waals surface area contributed by atoms with E-state index in [4.69, 9.17) is 4.74 Å². The fourth-order valence-corrected chi connectivity index (χ4v) is 5.63. The van der Waals surface area contributed by atoms with Gasteiger partial charge in [0.1, 0.15) is 4.21 Å². The summed E-state index contributed by atoms with van der Waals surface area (Å²) in [6, 6.07) is 1.75. The van der Waals surface area contributed by atoms with Crippen LogP contribution in [0.4, 0.5) is 0 Å². The van der Waals surface area contributed by atoms with Crippen LogP contribution in [-0.2, 0) is 14.8 Å². The van der Waals surface area contributed by atoms with E-state index in [9.17, 15) is 8.42 Å². The highest BCUT2D eigenvalue weighted by molar-refractivity contribution is 9.10. The standard InChI is InChI=1S/C9H12BrNO3S2/c1-14-7-2-4-11(6-7)16(12,13)9-8(10)3-5-15-9/h3,5,7H,2,4,6H2,1H3. The molecule has 0 aromatic carbocycles. The molecule has 0 spiro atoms. The summed E-state index contributed by atoms with van der Waals surface area (Å²) in [5, 5.41) is 1.76. The van der Waals surface area contributed by atoms with Gasteiger partial charge in [0.2, 0.25) is 0 Å². The Hall–Kier alpha value is 0.0500. The fraction of sp³-hybridized carbons (Fsp3) is 0.556. The molecule has 0 saturated carbocycles. The van der Waals surface area contributed by atoms with Crippen LogP contribution in [0.5, 0.6) is 0 Å². The van der Waals surface area contributed by atoms with E-state index in [1.165, 1.54) is 15.6 Å². The number of sulfonamides is 1. The van der Waals surface area contributed by atoms with Crippen molar-refractivity contribution in [3.8, 4) is 0 Å². The first-order valence-electron chi connectivity index (χ1n) is 4.81. The molecule has 1 atom stereocenters. The first-order valence-corrected chi connectivity index (χ1v) is 7.93. The van der Waals surface area contributed by atoms with E-state index in [-0.39, 0.29) is 6.10 Å². The van der Waals surface area contributed by atoms with Crippen LogP contribution in [0.1, 0.15) is 6.42 Å². The van der Waals surface area contributed by atoms with Gasteiger partial charge in [0.05, 0.1) is 6.10 Å². The molecular weight excluding hydrogens is 314 g/mol. The molecule has 0 N–H and O–H groups in total. The Morgan fingerprint density at radius 3 is 2.88 bits per heavy atom. The summed E-state index contributed by atoms with van der Waals surface area (Å²) >= 11 is 4.49. The van der Waals surface area contributed by atoms with E-state index in [2.05, 4.69) is 15.9 Å². The number of hydrogen-bond acceptors (Lipinski definition) is 4. The van der Waals surface area contributed by atoms with Crippen molar-refractivity contribution in [2.45, 2.75) is 16.7 Å². The van der Waals surface area contributed by atoms with Crippen LogP contribution in [0, 0.1) is 0 Å². The molecule has 0 radical (unpaired) electrons. The molecule has 0 bridgehead atoms. The molecule has 1 fully saturated rings. The molecule has 0 aliphatic carbocycles. The van der Waals surface area contributed by atoms with E-state index < -0.39 is 10.0 Å². The average molecular weight is 326 g/mol. The fourth-order valence-electron chi connectivity index (χ4n) is 1.69. The van der Waals surface area contributed by atoms with Crippen LogP contribution in [0.25, 0.3) is 0 Å². The van der Waals surface area contributed by atoms with Crippen LogP contribution in [0.2, 0.25) is 0 Å². The predicted molar refractivity (Wildman–Crippen MR) is 66.2 cm³/mol. The van der Waals surface area contributed by atoms with E-state index in [0.717, 1.165) is 6.42 Å². The lowest BCUT2D eigenvalue weighted by molar-refractivity contribution is 0.115. The van der Waals surface area contributed by atoms with Gasteiger partial charge in [-0.2, -0.15) is 4.31 Å². The third-order valence-corrected chi connectivity index (χ3v) is 7.11. The van der Waals surface area contributed by atoms with E-state index in [0.29, 0.717) is 21.8 Å². The Bertz CT molecular complexity index is 471. The molecule has 0 amide bonds. The maximum atomic E-state index is 12.2. The zero-order chi connectivity index (χ0) is 11.8. The summed E-state index contributed by atoms with van der Waals surface area (Å²) in [6.07, 6.45) is 0.784. The van der Waals surface area contributed by atoms with Gasteiger partial charge in [-0.15, -0.1) is 11.3 Å². The van der Waals surface area contributed by atoms with Gasteiger partial charge in [-0.1, -0.05) is 0 Å². The van der Waals surface area contributed by atoms with Crippen LogP contribution < -0.4 is 0 Å². The van der Waals surface area contributed by atoms with Crippen molar-refractivity contribution >= 4 is 37.3 Å². The third-order valence-electron chi connectivity index (χ3n) is 2.60. The molecule has 1 unspecified atom stereocenters. The Morgan fingerprint density at radius 1 is 1.62 bits per heavy atom. The van der Waals surface area contributed by atoms with Gasteiger partial charge >= 0.3 is 0 Å². The van der Waals surface area contributed by atoms with E-state index in [1.54, 1.807) is 18.6 Å². The van der Waals surface area contributed by atoms with E-state index >= 15 is 0 Å². The maximum absolute atomic E-state index is 12.2. The minimum Gasteiger partial charge on any atom is -0.380 e. The Kier molecular flexibility index (Phi) is 3.70. The Morgan fingerprint density at radius 2 is 2.38 bits per heavy atom. The molecule has 7 heteroatoms. The first-order chi connectivity index (χ1) is 7.55. The second kappa shape index (κ2) is 4.73. The summed E-state index contributed by atoms with van der Waals surface area (Å²) in [6.45, 7) is 0.981. The number of hydrogen-bond donors (Lipinski definition) is 0. The minimum atomic E-state index is -3.34. The summed E-state index contributed by atoms with van der Waals surface area (Å²) in [4.78, 5) is 0. The lowest BCUT2D eigenvalue weighted by Gasteiger charge is -2.15. The highest BCUT2D eigenvalue weighted by atomic mass is 79.9. The zero-order valence-electron chi connectivity index (χ0n) is 8.72. The van der Waals surface area contributed by atoms with Gasteiger partial charge in [-0.25, -0.2) is 8.42 Å². The number of thiophene rings is 1. The second-order valence-electron chi connectivity index (χ2n) is 3.57. The highest BCUT2D eigenvalue weighted by Gasteiger charge is 2.34. The normalized spacial score (nSPS) is 22.8. The molecule has 4 nitrogen and oxygen atoms in total. The van der Waals surface area contributed by atoms with E-state index in [1.807, 2.05) is 0 Å². The lowest BCUT2D eigenvalue weighted by atomic mass is 10.3. The molecule has 90 valence electrons. The van der Waals surface area contributed by atoms with Crippen molar-refractivity contribution < 1.29 is 13.2 Å². The topological polar surface area (TPSA) is 46.6 Å². The molecule has 1 aromatic rings. The van der Waals surface area contributed by atoms with Crippen LogP contribution >= 0.6 is 27.3 Å². The van der Waals surface area contributed by atoms with Gasteiger partial charge in [-0.3, -0.25) is 0 Å². The molecule has 1 aromatic heterocycles. The van der Waals surface area contributed by atoms with Crippen molar-refractivity contribution in [3.63, 3.8) is 0 Å². The van der Waals surface area contributed by atoms with Crippen molar-refractivity contribution in [2.75, 3.05) is 20.2 Å². The van der Waals surface area contributed by atoms with Crippen LogP contribution in [-0.4, -0.2) is 39.0 Å². The Balaban J connectivity index is 2.25. The maximum Gasteiger partial charge on any atom is 0.253 e. The largest absolute Gasteiger partial charge is 0.380 e. The molecule has 1 saturated heterocycles. The number of rotatable bonds is 3. The van der Waals surface area contributed by atoms with Crippen LogP contribution in [0.3, 0.4) is 0 Å². The quantitative estimate of drug-likeness (QED) is 0.853. The monoisotopic (exact) mass is 325 g/mol. The number of nitrogens with zero attached hydrogens (tertiary/aromatic N) is 1. The molecule has 2 heterocycles. The van der Waals surface area contributed by atoms with Gasteiger partial charge in [-0.05, 0) is 33.8 Å².